The van der Waals surface area contributed by atoms with Gasteiger partial charge < -0.3 is 18.9 Å². The van der Waals surface area contributed by atoms with Gasteiger partial charge in [-0.2, -0.15) is 10.2 Å². The maximum Gasteiger partial charge on any atom is 0.343 e. The van der Waals surface area contributed by atoms with Crippen molar-refractivity contribution in [1.29, 1.82) is 0 Å². The molecule has 0 aromatic carbocycles. The number of hydrogen-bond donors (Lipinski definition) is 1. The fraction of sp³-hybridized carbons (Fsp3) is 0.417. The molecule has 12 nitrogen and oxygen atoms in total. The number of aromatic nitrogens is 6. The second kappa shape index (κ2) is 12.5. The van der Waals surface area contributed by atoms with Crippen molar-refractivity contribution in [2.24, 2.45) is 0 Å². The highest BCUT2D eigenvalue weighted by Crippen LogP contribution is 2.29. The van der Waals surface area contributed by atoms with Gasteiger partial charge in [0.15, 0.2) is 11.3 Å². The Labute approximate surface area is 207 Å². The second-order valence-electron chi connectivity index (χ2n) is 7.14. The maximum atomic E-state index is 11.9. The average molecular weight is 499 g/mol. The highest BCUT2D eigenvalue weighted by atomic mass is 16.5. The Balaban J connectivity index is 0.000000202. The van der Waals surface area contributed by atoms with Crippen molar-refractivity contribution in [1.82, 2.24) is 29.9 Å². The van der Waals surface area contributed by atoms with E-state index in [0.29, 0.717) is 72.3 Å². The molecule has 4 aromatic rings. The Bertz CT molecular complexity index is 1330. The van der Waals surface area contributed by atoms with Crippen LogP contribution in [0, 0.1) is 0 Å². The van der Waals surface area contributed by atoms with E-state index in [0.717, 1.165) is 5.39 Å². The van der Waals surface area contributed by atoms with Gasteiger partial charge in [-0.05, 0) is 34.6 Å². The summed E-state index contributed by atoms with van der Waals surface area (Å²) in [7, 11) is 0. The van der Waals surface area contributed by atoms with Crippen LogP contribution < -0.4 is 9.47 Å². The normalized spacial score (nSPS) is 10.6. The third-order valence-electron chi connectivity index (χ3n) is 4.92. The number of carbonyl (C=O) groups excluding carboxylic acids is 2. The number of aryl methyl sites for hydroxylation is 1. The van der Waals surface area contributed by atoms with Crippen LogP contribution in [0.15, 0.2) is 24.8 Å². The van der Waals surface area contributed by atoms with Crippen molar-refractivity contribution in [2.75, 3.05) is 26.4 Å². The summed E-state index contributed by atoms with van der Waals surface area (Å²) in [4.78, 5) is 32.0. The Morgan fingerprint density at radius 3 is 1.92 bits per heavy atom. The number of rotatable bonds is 9. The number of pyridine rings is 2. The van der Waals surface area contributed by atoms with Crippen LogP contribution in [0.3, 0.4) is 0 Å². The first-order valence-electron chi connectivity index (χ1n) is 11.8. The quantitative estimate of drug-likeness (QED) is 0.340. The Kier molecular flexibility index (Phi) is 9.14. The largest absolute Gasteiger partial charge is 0.492 e. The minimum atomic E-state index is -0.438. The minimum absolute atomic E-state index is 0.313. The third kappa shape index (κ3) is 5.53. The summed E-state index contributed by atoms with van der Waals surface area (Å²) in [6.07, 6.45) is 6.16. The fourth-order valence-electron chi connectivity index (χ4n) is 3.42. The first-order valence-corrected chi connectivity index (χ1v) is 11.8. The minimum Gasteiger partial charge on any atom is -0.492 e. The molecular weight excluding hydrogens is 468 g/mol. The lowest BCUT2D eigenvalue weighted by Gasteiger charge is -2.10. The van der Waals surface area contributed by atoms with E-state index in [9.17, 15) is 9.59 Å². The van der Waals surface area contributed by atoms with Gasteiger partial charge in [0.2, 0.25) is 0 Å². The predicted molar refractivity (Wildman–Crippen MR) is 131 cm³/mol. The zero-order valence-corrected chi connectivity index (χ0v) is 21.0. The van der Waals surface area contributed by atoms with Crippen LogP contribution in [0.1, 0.15) is 55.3 Å². The molecule has 0 radical (unpaired) electrons. The van der Waals surface area contributed by atoms with Crippen LogP contribution in [0.5, 0.6) is 11.5 Å². The van der Waals surface area contributed by atoms with Crippen LogP contribution in [0.4, 0.5) is 0 Å². The van der Waals surface area contributed by atoms with Crippen molar-refractivity contribution >= 4 is 34.0 Å². The second-order valence-corrected chi connectivity index (χ2v) is 7.14. The first-order chi connectivity index (χ1) is 17.5. The lowest BCUT2D eigenvalue weighted by molar-refractivity contribution is 0.0512. The highest BCUT2D eigenvalue weighted by Gasteiger charge is 2.20. The summed E-state index contributed by atoms with van der Waals surface area (Å²) < 4.78 is 22.8. The number of aromatic amines is 1. The molecule has 0 atom stereocenters. The maximum absolute atomic E-state index is 11.9. The Morgan fingerprint density at radius 1 is 0.778 bits per heavy atom. The summed E-state index contributed by atoms with van der Waals surface area (Å²) in [6.45, 7) is 11.5. The Morgan fingerprint density at radius 2 is 1.36 bits per heavy atom. The molecule has 0 amide bonds. The van der Waals surface area contributed by atoms with Crippen LogP contribution in [-0.2, 0) is 16.0 Å². The van der Waals surface area contributed by atoms with E-state index < -0.39 is 11.9 Å². The predicted octanol–water partition coefficient (Wildman–Crippen LogP) is 3.56. The third-order valence-corrected chi connectivity index (χ3v) is 4.92. The fourth-order valence-corrected chi connectivity index (χ4v) is 3.42. The lowest BCUT2D eigenvalue weighted by Crippen LogP contribution is -2.09. The summed E-state index contributed by atoms with van der Waals surface area (Å²) in [6, 6.07) is 0. The molecule has 0 spiro atoms. The summed E-state index contributed by atoms with van der Waals surface area (Å²) in [5.41, 5.74) is 1.95. The van der Waals surface area contributed by atoms with E-state index in [1.165, 1.54) is 12.4 Å². The van der Waals surface area contributed by atoms with Crippen molar-refractivity contribution in [2.45, 2.75) is 41.2 Å². The SMILES string of the molecule is CCOC(=O)c1cnc2[nH]ncc2c1OCC.CCOC(=O)c1cnc2c(cnn2CC)c1OCC. The molecule has 0 unspecified atom stereocenters. The van der Waals surface area contributed by atoms with Gasteiger partial charge in [0.25, 0.3) is 0 Å². The van der Waals surface area contributed by atoms with Crippen LogP contribution in [-0.4, -0.2) is 68.3 Å². The molecule has 1 N–H and O–H groups in total. The summed E-state index contributed by atoms with van der Waals surface area (Å²) in [5.74, 6) is 0.0894. The molecule has 0 saturated heterocycles. The van der Waals surface area contributed by atoms with Gasteiger partial charge in [-0.3, -0.25) is 5.10 Å². The Hall–Kier alpha value is -4.22. The number of nitrogens with zero attached hydrogens (tertiary/aromatic N) is 5. The van der Waals surface area contributed by atoms with Gasteiger partial charge in [-0.25, -0.2) is 24.2 Å². The van der Waals surface area contributed by atoms with E-state index in [4.69, 9.17) is 18.9 Å². The lowest BCUT2D eigenvalue weighted by atomic mass is 10.2. The molecule has 0 aliphatic heterocycles. The number of esters is 2. The van der Waals surface area contributed by atoms with E-state index in [2.05, 4.69) is 25.3 Å². The standard InChI is InChI=1S/C13H17N3O3.C11H13N3O3/c1-4-16-12-9(8-15-16)11(18-5-2)10(7-14-12)13(17)19-6-3;1-3-16-9-7-6-13-14-10(7)12-5-8(9)11(15)17-4-2/h7-8H,4-6H2,1-3H3;5-6H,3-4H2,1-2H3,(H,12,13,14). The molecule has 4 rings (SSSR count). The van der Waals surface area contributed by atoms with Gasteiger partial charge in [-0.1, -0.05) is 0 Å². The van der Waals surface area contributed by atoms with E-state index in [1.54, 1.807) is 30.9 Å². The number of ether oxygens (including phenoxy) is 4. The number of fused-ring (bicyclic) bond motifs is 2. The van der Waals surface area contributed by atoms with Crippen molar-refractivity contribution in [3.8, 4) is 11.5 Å². The summed E-state index contributed by atoms with van der Waals surface area (Å²) >= 11 is 0. The molecule has 36 heavy (non-hydrogen) atoms. The van der Waals surface area contributed by atoms with Crippen molar-refractivity contribution in [3.63, 3.8) is 0 Å². The average Bonchev–Trinajstić information content (AvgIpc) is 3.52. The van der Waals surface area contributed by atoms with Gasteiger partial charge in [0, 0.05) is 18.9 Å². The van der Waals surface area contributed by atoms with Crippen molar-refractivity contribution < 1.29 is 28.5 Å². The number of nitrogens with one attached hydrogen (secondary N) is 1. The van der Waals surface area contributed by atoms with Crippen LogP contribution in [0.2, 0.25) is 0 Å². The van der Waals surface area contributed by atoms with Gasteiger partial charge in [0.05, 0.1) is 49.6 Å². The number of hydrogen-bond acceptors (Lipinski definition) is 10. The van der Waals surface area contributed by atoms with Crippen LogP contribution >= 0.6 is 0 Å². The summed E-state index contributed by atoms with van der Waals surface area (Å²) in [5, 5.41) is 12.2. The zero-order chi connectivity index (χ0) is 26.1. The molecule has 0 aliphatic rings. The molecule has 12 heteroatoms. The van der Waals surface area contributed by atoms with E-state index >= 15 is 0 Å². The van der Waals surface area contributed by atoms with E-state index in [1.807, 2.05) is 20.8 Å². The molecule has 0 saturated carbocycles. The van der Waals surface area contributed by atoms with Crippen molar-refractivity contribution in [3.05, 3.63) is 35.9 Å². The van der Waals surface area contributed by atoms with Gasteiger partial charge in [-0.15, -0.1) is 0 Å². The molecule has 0 bridgehead atoms. The smallest absolute Gasteiger partial charge is 0.343 e. The van der Waals surface area contributed by atoms with Crippen LogP contribution in [0.25, 0.3) is 22.1 Å². The molecule has 0 fully saturated rings. The molecule has 192 valence electrons. The molecule has 0 aliphatic carbocycles. The van der Waals surface area contributed by atoms with E-state index in [-0.39, 0.29) is 0 Å². The molecular formula is C24H30N6O6. The van der Waals surface area contributed by atoms with Gasteiger partial charge in [0.1, 0.15) is 22.6 Å². The first kappa shape index (κ1) is 26.4. The highest BCUT2D eigenvalue weighted by molar-refractivity contribution is 5.99. The molecule has 4 heterocycles. The number of H-pyrrole nitrogens is 1. The number of carbonyl (C=O) groups is 2. The van der Waals surface area contributed by atoms with Gasteiger partial charge >= 0.3 is 11.9 Å². The molecule has 4 aromatic heterocycles. The topological polar surface area (TPSA) is 143 Å². The monoisotopic (exact) mass is 498 g/mol. The zero-order valence-electron chi connectivity index (χ0n) is 21.0.